The van der Waals surface area contributed by atoms with Gasteiger partial charge < -0.3 is 15.2 Å². The van der Waals surface area contributed by atoms with Gasteiger partial charge in [-0.1, -0.05) is 22.6 Å². The van der Waals surface area contributed by atoms with Gasteiger partial charge in [-0.3, -0.25) is 4.79 Å². The predicted molar refractivity (Wildman–Crippen MR) is 66.2 cm³/mol. The van der Waals surface area contributed by atoms with Gasteiger partial charge in [-0.05, 0) is 12.8 Å². The molecule has 0 aliphatic heterocycles. The summed E-state index contributed by atoms with van der Waals surface area (Å²) in [6.07, 6.45) is 0.800. The van der Waals surface area contributed by atoms with Gasteiger partial charge in [0.1, 0.15) is 5.54 Å². The molecule has 1 fully saturated rings. The van der Waals surface area contributed by atoms with Crippen LogP contribution in [-0.2, 0) is 14.3 Å². The molecule has 1 saturated carbocycles. The lowest BCUT2D eigenvalue weighted by Crippen LogP contribution is -2.59. The topological polar surface area (TPSA) is 75.6 Å². The Labute approximate surface area is 108 Å². The SMILES string of the molecule is COC(=O)[C@@]1(NC(C)=O)CC[C@@H](I)[C@H](O)C1. The van der Waals surface area contributed by atoms with E-state index in [1.807, 2.05) is 0 Å². The van der Waals surface area contributed by atoms with E-state index in [1.165, 1.54) is 14.0 Å². The summed E-state index contributed by atoms with van der Waals surface area (Å²) in [5.41, 5.74) is -1.05. The minimum absolute atomic E-state index is 0.115. The molecule has 16 heavy (non-hydrogen) atoms. The van der Waals surface area contributed by atoms with Gasteiger partial charge in [-0.15, -0.1) is 0 Å². The average Bonchev–Trinajstić information content (AvgIpc) is 2.21. The monoisotopic (exact) mass is 341 g/mol. The zero-order valence-electron chi connectivity index (χ0n) is 9.33. The van der Waals surface area contributed by atoms with Crippen LogP contribution in [0.2, 0.25) is 0 Å². The summed E-state index contributed by atoms with van der Waals surface area (Å²) in [5, 5.41) is 12.4. The van der Waals surface area contributed by atoms with Crippen molar-refractivity contribution in [2.45, 2.75) is 41.8 Å². The molecule has 2 N–H and O–H groups in total. The molecule has 0 saturated heterocycles. The van der Waals surface area contributed by atoms with Crippen molar-refractivity contribution in [3.8, 4) is 0 Å². The Balaban J connectivity index is 2.87. The van der Waals surface area contributed by atoms with Crippen LogP contribution < -0.4 is 5.32 Å². The average molecular weight is 341 g/mol. The Kier molecular flexibility index (Phi) is 4.54. The predicted octanol–water partition coefficient (Wildman–Crippen LogP) is 0.383. The number of hydrogen-bond acceptors (Lipinski definition) is 4. The minimum Gasteiger partial charge on any atom is -0.467 e. The summed E-state index contributed by atoms with van der Waals surface area (Å²) in [7, 11) is 1.29. The number of rotatable bonds is 2. The molecule has 1 aliphatic rings. The number of carbonyl (C=O) groups excluding carboxylic acids is 2. The molecule has 1 aliphatic carbocycles. The van der Waals surface area contributed by atoms with Crippen LogP contribution >= 0.6 is 22.6 Å². The zero-order valence-corrected chi connectivity index (χ0v) is 11.5. The number of hydrogen-bond donors (Lipinski definition) is 2. The van der Waals surface area contributed by atoms with Gasteiger partial charge in [-0.25, -0.2) is 4.79 Å². The van der Waals surface area contributed by atoms with E-state index in [9.17, 15) is 14.7 Å². The fourth-order valence-electron chi connectivity index (χ4n) is 2.05. The van der Waals surface area contributed by atoms with Crippen molar-refractivity contribution in [3.05, 3.63) is 0 Å². The van der Waals surface area contributed by atoms with Crippen molar-refractivity contribution in [3.63, 3.8) is 0 Å². The van der Waals surface area contributed by atoms with Crippen molar-refractivity contribution < 1.29 is 19.4 Å². The molecule has 1 amide bonds. The van der Waals surface area contributed by atoms with E-state index < -0.39 is 17.6 Å². The van der Waals surface area contributed by atoms with Crippen LogP contribution in [-0.4, -0.2) is 39.7 Å². The van der Waals surface area contributed by atoms with Gasteiger partial charge in [0.05, 0.1) is 13.2 Å². The first-order valence-corrected chi connectivity index (χ1v) is 6.35. The Hall–Kier alpha value is -0.370. The Morgan fingerprint density at radius 1 is 1.56 bits per heavy atom. The number of methoxy groups -OCH3 is 1. The molecule has 0 heterocycles. The van der Waals surface area contributed by atoms with Crippen LogP contribution in [0, 0.1) is 0 Å². The van der Waals surface area contributed by atoms with Crippen molar-refractivity contribution in [1.29, 1.82) is 0 Å². The maximum absolute atomic E-state index is 11.7. The molecule has 0 aromatic rings. The fraction of sp³-hybridized carbons (Fsp3) is 0.800. The Bertz CT molecular complexity index is 297. The second-order valence-corrected chi connectivity index (χ2v) is 5.68. The van der Waals surface area contributed by atoms with E-state index in [2.05, 4.69) is 27.9 Å². The lowest BCUT2D eigenvalue weighted by Gasteiger charge is -2.39. The molecule has 92 valence electrons. The van der Waals surface area contributed by atoms with Crippen LogP contribution in [0.15, 0.2) is 0 Å². The van der Waals surface area contributed by atoms with Gasteiger partial charge >= 0.3 is 5.97 Å². The quantitative estimate of drug-likeness (QED) is 0.433. The van der Waals surface area contributed by atoms with E-state index in [4.69, 9.17) is 4.74 Å². The lowest BCUT2D eigenvalue weighted by atomic mass is 9.80. The largest absolute Gasteiger partial charge is 0.467 e. The van der Waals surface area contributed by atoms with E-state index in [-0.39, 0.29) is 16.3 Å². The molecule has 0 spiro atoms. The third-order valence-corrected chi connectivity index (χ3v) is 4.27. The molecule has 0 aromatic carbocycles. The minimum atomic E-state index is -1.05. The van der Waals surface area contributed by atoms with Crippen molar-refractivity contribution in [2.75, 3.05) is 7.11 Å². The number of alkyl halides is 1. The summed E-state index contributed by atoms with van der Waals surface area (Å²) < 4.78 is 4.83. The summed E-state index contributed by atoms with van der Waals surface area (Å²) in [6.45, 7) is 1.35. The highest BCUT2D eigenvalue weighted by Crippen LogP contribution is 2.33. The number of esters is 1. The van der Waals surface area contributed by atoms with Crippen LogP contribution in [0.25, 0.3) is 0 Å². The number of aliphatic hydroxyl groups is 1. The van der Waals surface area contributed by atoms with E-state index in [0.717, 1.165) is 0 Å². The summed E-state index contributed by atoms with van der Waals surface area (Å²) >= 11 is 2.15. The summed E-state index contributed by atoms with van der Waals surface area (Å²) in [6, 6.07) is 0. The van der Waals surface area contributed by atoms with Crippen LogP contribution in [0.3, 0.4) is 0 Å². The lowest BCUT2D eigenvalue weighted by molar-refractivity contribution is -0.154. The van der Waals surface area contributed by atoms with Crippen LogP contribution in [0.5, 0.6) is 0 Å². The van der Waals surface area contributed by atoms with E-state index in [1.54, 1.807) is 0 Å². The van der Waals surface area contributed by atoms with Gasteiger partial charge in [0.25, 0.3) is 0 Å². The molecular weight excluding hydrogens is 325 g/mol. The first-order valence-electron chi connectivity index (χ1n) is 5.10. The normalized spacial score (nSPS) is 34.2. The Morgan fingerprint density at radius 3 is 2.62 bits per heavy atom. The van der Waals surface area contributed by atoms with Crippen LogP contribution in [0.1, 0.15) is 26.2 Å². The van der Waals surface area contributed by atoms with Gasteiger partial charge in [0.2, 0.25) is 5.91 Å². The number of aliphatic hydroxyl groups excluding tert-OH is 1. The number of halogens is 1. The summed E-state index contributed by atoms with van der Waals surface area (Å²) in [5.74, 6) is -0.769. The molecule has 0 unspecified atom stereocenters. The standard InChI is InChI=1S/C10H16INO4/c1-6(13)12-10(9(15)16-2)4-3-7(11)8(14)5-10/h7-8,14H,3-5H2,1-2H3,(H,12,13)/t7-,8-,10-/m1/s1. The highest BCUT2D eigenvalue weighted by atomic mass is 127. The van der Waals surface area contributed by atoms with Crippen molar-refractivity contribution >= 4 is 34.5 Å². The molecule has 0 bridgehead atoms. The van der Waals surface area contributed by atoms with Crippen molar-refractivity contribution in [2.24, 2.45) is 0 Å². The number of carbonyl (C=O) groups is 2. The van der Waals surface area contributed by atoms with Gasteiger partial charge in [0, 0.05) is 17.3 Å². The Morgan fingerprint density at radius 2 is 2.19 bits per heavy atom. The van der Waals surface area contributed by atoms with E-state index >= 15 is 0 Å². The number of amides is 1. The van der Waals surface area contributed by atoms with Crippen molar-refractivity contribution in [1.82, 2.24) is 5.32 Å². The second kappa shape index (κ2) is 5.31. The fourth-order valence-corrected chi connectivity index (χ4v) is 2.61. The highest BCUT2D eigenvalue weighted by Gasteiger charge is 2.46. The smallest absolute Gasteiger partial charge is 0.331 e. The number of nitrogens with one attached hydrogen (secondary N) is 1. The third-order valence-electron chi connectivity index (χ3n) is 2.81. The molecule has 0 radical (unpaired) electrons. The summed E-state index contributed by atoms with van der Waals surface area (Å²) in [4.78, 5) is 22.8. The highest BCUT2D eigenvalue weighted by molar-refractivity contribution is 14.1. The molecular formula is C10H16INO4. The first kappa shape index (κ1) is 13.7. The molecule has 5 nitrogen and oxygen atoms in total. The third kappa shape index (κ3) is 2.85. The molecule has 3 atom stereocenters. The number of ether oxygens (including phenoxy) is 1. The van der Waals surface area contributed by atoms with Crippen LogP contribution in [0.4, 0.5) is 0 Å². The van der Waals surface area contributed by atoms with Gasteiger partial charge in [0.15, 0.2) is 0 Å². The zero-order chi connectivity index (χ0) is 12.3. The van der Waals surface area contributed by atoms with E-state index in [0.29, 0.717) is 12.8 Å². The maximum atomic E-state index is 11.7. The second-order valence-electron chi connectivity index (χ2n) is 4.08. The first-order chi connectivity index (χ1) is 7.41. The molecule has 6 heteroatoms. The molecule has 1 rings (SSSR count). The van der Waals surface area contributed by atoms with Gasteiger partial charge in [-0.2, -0.15) is 0 Å². The maximum Gasteiger partial charge on any atom is 0.331 e. The molecule has 0 aromatic heterocycles.